The Morgan fingerprint density at radius 3 is 2.55 bits per heavy atom. The molecule has 33 heavy (non-hydrogen) atoms. The van der Waals surface area contributed by atoms with Crippen LogP contribution in [0.4, 0.5) is 0 Å². The molecule has 7 heteroatoms. The van der Waals surface area contributed by atoms with Gasteiger partial charge >= 0.3 is 0 Å². The number of para-hydroxylation sites is 1. The maximum atomic E-state index is 12.4. The SMILES string of the molecule is CC(=Cc1ccccc1)CN1CCc2nnc(C(C)NC(=O)COc3ccccc3)n2CC1. The van der Waals surface area contributed by atoms with Gasteiger partial charge in [-0.2, -0.15) is 0 Å². The first kappa shape index (κ1) is 22.7. The molecule has 1 unspecified atom stereocenters. The van der Waals surface area contributed by atoms with Gasteiger partial charge in [-0.05, 0) is 31.5 Å². The van der Waals surface area contributed by atoms with E-state index in [4.69, 9.17) is 4.74 Å². The Morgan fingerprint density at radius 1 is 1.06 bits per heavy atom. The lowest BCUT2D eigenvalue weighted by molar-refractivity contribution is -0.123. The van der Waals surface area contributed by atoms with Crippen molar-refractivity contribution in [1.29, 1.82) is 0 Å². The number of rotatable bonds is 8. The highest BCUT2D eigenvalue weighted by Crippen LogP contribution is 2.17. The molecule has 1 N–H and O–H groups in total. The predicted molar refractivity (Wildman–Crippen MR) is 129 cm³/mol. The fourth-order valence-electron chi connectivity index (χ4n) is 4.11. The van der Waals surface area contributed by atoms with Crippen LogP contribution in [0.1, 0.15) is 37.1 Å². The fraction of sp³-hybridized carbons (Fsp3) is 0.346. The second kappa shape index (κ2) is 10.9. The van der Waals surface area contributed by atoms with Crippen molar-refractivity contribution in [3.05, 3.63) is 83.4 Å². The Balaban J connectivity index is 1.32. The molecule has 0 spiro atoms. The number of carbonyl (C=O) groups excluding carboxylic acids is 1. The van der Waals surface area contributed by atoms with Gasteiger partial charge in [0.25, 0.3) is 5.91 Å². The lowest BCUT2D eigenvalue weighted by Crippen LogP contribution is -2.33. The summed E-state index contributed by atoms with van der Waals surface area (Å²) in [5, 5.41) is 11.8. The highest BCUT2D eigenvalue weighted by Gasteiger charge is 2.23. The van der Waals surface area contributed by atoms with Crippen LogP contribution >= 0.6 is 0 Å². The molecule has 1 aliphatic rings. The van der Waals surface area contributed by atoms with Crippen LogP contribution in [0.3, 0.4) is 0 Å². The molecule has 7 nitrogen and oxygen atoms in total. The first-order valence-corrected chi connectivity index (χ1v) is 11.4. The fourth-order valence-corrected chi connectivity index (χ4v) is 4.11. The topological polar surface area (TPSA) is 72.3 Å². The summed E-state index contributed by atoms with van der Waals surface area (Å²) >= 11 is 0. The van der Waals surface area contributed by atoms with Gasteiger partial charge in [0, 0.05) is 32.6 Å². The minimum atomic E-state index is -0.246. The number of nitrogens with zero attached hydrogens (tertiary/aromatic N) is 4. The Morgan fingerprint density at radius 2 is 1.79 bits per heavy atom. The third-order valence-corrected chi connectivity index (χ3v) is 5.71. The molecule has 1 aliphatic heterocycles. The second-order valence-corrected chi connectivity index (χ2v) is 8.44. The smallest absolute Gasteiger partial charge is 0.258 e. The quantitative estimate of drug-likeness (QED) is 0.575. The van der Waals surface area contributed by atoms with E-state index >= 15 is 0 Å². The third-order valence-electron chi connectivity index (χ3n) is 5.71. The van der Waals surface area contributed by atoms with Crippen molar-refractivity contribution in [1.82, 2.24) is 25.0 Å². The normalized spacial score (nSPS) is 15.4. The van der Waals surface area contributed by atoms with Gasteiger partial charge in [-0.15, -0.1) is 10.2 Å². The van der Waals surface area contributed by atoms with Crippen molar-refractivity contribution in [2.24, 2.45) is 0 Å². The van der Waals surface area contributed by atoms with Crippen LogP contribution in [0.5, 0.6) is 5.75 Å². The highest BCUT2D eigenvalue weighted by atomic mass is 16.5. The summed E-state index contributed by atoms with van der Waals surface area (Å²) in [6, 6.07) is 19.5. The predicted octanol–water partition coefficient (Wildman–Crippen LogP) is 3.50. The minimum Gasteiger partial charge on any atom is -0.484 e. The van der Waals surface area contributed by atoms with Gasteiger partial charge in [0.15, 0.2) is 12.4 Å². The summed E-state index contributed by atoms with van der Waals surface area (Å²) < 4.78 is 7.70. The Hall–Kier alpha value is -3.45. The maximum absolute atomic E-state index is 12.4. The lowest BCUT2D eigenvalue weighted by atomic mass is 10.1. The van der Waals surface area contributed by atoms with E-state index in [2.05, 4.69) is 62.2 Å². The van der Waals surface area contributed by atoms with Gasteiger partial charge in [0.05, 0.1) is 6.04 Å². The van der Waals surface area contributed by atoms with Crippen molar-refractivity contribution in [2.45, 2.75) is 32.9 Å². The van der Waals surface area contributed by atoms with Crippen molar-refractivity contribution in [2.75, 3.05) is 26.2 Å². The lowest BCUT2D eigenvalue weighted by Gasteiger charge is -2.20. The molecule has 0 saturated heterocycles. The number of amides is 1. The highest BCUT2D eigenvalue weighted by molar-refractivity contribution is 5.77. The standard InChI is InChI=1S/C26H31N5O2/c1-20(17-22-9-5-3-6-10-22)18-30-14-13-24-28-29-26(31(24)16-15-30)21(2)27-25(32)19-33-23-11-7-4-8-12-23/h3-12,17,21H,13-16,18-19H2,1-2H3,(H,27,32). The Labute approximate surface area is 195 Å². The number of hydrogen-bond donors (Lipinski definition) is 1. The molecule has 2 heterocycles. The number of ether oxygens (including phenoxy) is 1. The van der Waals surface area contributed by atoms with Gasteiger partial charge in [0.1, 0.15) is 11.6 Å². The summed E-state index contributed by atoms with van der Waals surface area (Å²) in [4.78, 5) is 14.8. The van der Waals surface area contributed by atoms with Crippen LogP contribution in [0.2, 0.25) is 0 Å². The largest absolute Gasteiger partial charge is 0.484 e. The number of benzene rings is 2. The third kappa shape index (κ3) is 6.29. The Bertz CT molecular complexity index is 1080. The summed E-state index contributed by atoms with van der Waals surface area (Å²) in [5.41, 5.74) is 2.56. The molecule has 0 aliphatic carbocycles. The van der Waals surface area contributed by atoms with E-state index in [1.54, 1.807) is 0 Å². The molecule has 1 atom stereocenters. The molecular formula is C26H31N5O2. The van der Waals surface area contributed by atoms with E-state index in [9.17, 15) is 4.79 Å². The van der Waals surface area contributed by atoms with Crippen molar-refractivity contribution >= 4 is 12.0 Å². The van der Waals surface area contributed by atoms with Crippen LogP contribution in [0, 0.1) is 0 Å². The van der Waals surface area contributed by atoms with E-state index in [1.165, 1.54) is 11.1 Å². The molecule has 0 bridgehead atoms. The molecule has 3 aromatic rings. The maximum Gasteiger partial charge on any atom is 0.258 e. The van der Waals surface area contributed by atoms with Crippen LogP contribution in [-0.4, -0.2) is 51.8 Å². The van der Waals surface area contributed by atoms with E-state index in [-0.39, 0.29) is 18.6 Å². The summed E-state index contributed by atoms with van der Waals surface area (Å²) in [6.07, 6.45) is 3.08. The van der Waals surface area contributed by atoms with E-state index in [0.29, 0.717) is 5.75 Å². The van der Waals surface area contributed by atoms with Gasteiger partial charge in [-0.25, -0.2) is 0 Å². The average molecular weight is 446 g/mol. The molecular weight excluding hydrogens is 414 g/mol. The van der Waals surface area contributed by atoms with E-state index in [0.717, 1.165) is 44.2 Å². The van der Waals surface area contributed by atoms with Crippen molar-refractivity contribution in [3.63, 3.8) is 0 Å². The van der Waals surface area contributed by atoms with Crippen LogP contribution in [-0.2, 0) is 17.8 Å². The van der Waals surface area contributed by atoms with Gasteiger partial charge in [-0.3, -0.25) is 9.69 Å². The van der Waals surface area contributed by atoms with Crippen molar-refractivity contribution < 1.29 is 9.53 Å². The Kier molecular flexibility index (Phi) is 7.52. The molecule has 0 saturated carbocycles. The van der Waals surface area contributed by atoms with Gasteiger partial charge in [0.2, 0.25) is 0 Å². The molecule has 1 amide bonds. The zero-order chi connectivity index (χ0) is 23.0. The summed E-state index contributed by atoms with van der Waals surface area (Å²) in [6.45, 7) is 7.66. The van der Waals surface area contributed by atoms with E-state index < -0.39 is 0 Å². The average Bonchev–Trinajstić information content (AvgIpc) is 3.13. The number of carbonyl (C=O) groups is 1. The zero-order valence-electron chi connectivity index (χ0n) is 19.3. The van der Waals surface area contributed by atoms with Crippen molar-refractivity contribution in [3.8, 4) is 5.75 Å². The molecule has 4 rings (SSSR count). The van der Waals surface area contributed by atoms with E-state index in [1.807, 2.05) is 43.3 Å². The molecule has 172 valence electrons. The number of aromatic nitrogens is 3. The number of nitrogens with one attached hydrogen (secondary N) is 1. The van der Waals surface area contributed by atoms with Gasteiger partial charge < -0.3 is 14.6 Å². The molecule has 2 aromatic carbocycles. The first-order valence-electron chi connectivity index (χ1n) is 11.4. The molecule has 0 fully saturated rings. The van der Waals surface area contributed by atoms with Gasteiger partial charge in [-0.1, -0.05) is 60.2 Å². The monoisotopic (exact) mass is 445 g/mol. The summed E-state index contributed by atoms with van der Waals surface area (Å²) in [5.74, 6) is 2.25. The first-order chi connectivity index (χ1) is 16.1. The zero-order valence-corrected chi connectivity index (χ0v) is 19.3. The second-order valence-electron chi connectivity index (χ2n) is 8.44. The van der Waals surface area contributed by atoms with Crippen LogP contribution in [0.25, 0.3) is 6.08 Å². The minimum absolute atomic E-state index is 0.0316. The molecule has 1 aromatic heterocycles. The number of fused-ring (bicyclic) bond motifs is 1. The molecule has 0 radical (unpaired) electrons. The van der Waals surface area contributed by atoms with Crippen LogP contribution in [0.15, 0.2) is 66.2 Å². The number of hydrogen-bond acceptors (Lipinski definition) is 5. The van der Waals surface area contributed by atoms with Crippen LogP contribution < -0.4 is 10.1 Å². The summed E-state index contributed by atoms with van der Waals surface area (Å²) in [7, 11) is 0.